The fourth-order valence-corrected chi connectivity index (χ4v) is 1.58. The number of pyridine rings is 1. The number of nitrogens with zero attached hydrogens (tertiary/aromatic N) is 1. The van der Waals surface area contributed by atoms with Crippen molar-refractivity contribution in [2.45, 2.75) is 39.2 Å². The van der Waals surface area contributed by atoms with Crippen molar-refractivity contribution in [1.82, 2.24) is 10.3 Å². The third kappa shape index (κ3) is 4.53. The summed E-state index contributed by atoms with van der Waals surface area (Å²) in [6.07, 6.45) is 2.93. The number of rotatable bonds is 6. The number of carboxylic acids is 1. The van der Waals surface area contributed by atoms with Crippen LogP contribution in [0.1, 0.15) is 31.0 Å². The molecule has 0 aromatic carbocycles. The summed E-state index contributed by atoms with van der Waals surface area (Å²) in [5.74, 6) is -1.28. The predicted octanol–water partition coefficient (Wildman–Crippen LogP) is 1.30. The maximum Gasteiger partial charge on any atom is 0.326 e. The van der Waals surface area contributed by atoms with Gasteiger partial charge in [0.05, 0.1) is 6.42 Å². The van der Waals surface area contributed by atoms with E-state index >= 15 is 0 Å². The molecule has 0 aliphatic rings. The van der Waals surface area contributed by atoms with Gasteiger partial charge in [-0.05, 0) is 25.0 Å². The molecule has 1 rings (SSSR count). The van der Waals surface area contributed by atoms with Gasteiger partial charge in [-0.1, -0.05) is 19.4 Å². The normalized spacial score (nSPS) is 11.9. The molecule has 0 radical (unpaired) electrons. The SMILES string of the molecule is CCCC(NC(=O)Cc1ccc(C)nc1)C(=O)O. The minimum atomic E-state index is -0.993. The first-order valence-corrected chi connectivity index (χ1v) is 5.96. The molecule has 2 N–H and O–H groups in total. The van der Waals surface area contributed by atoms with Crippen molar-refractivity contribution in [2.75, 3.05) is 0 Å². The number of aromatic nitrogens is 1. The van der Waals surface area contributed by atoms with Crippen LogP contribution in [0.25, 0.3) is 0 Å². The number of amides is 1. The Kier molecular flexibility index (Phi) is 5.30. The maximum absolute atomic E-state index is 11.7. The van der Waals surface area contributed by atoms with Crippen LogP contribution in [0.3, 0.4) is 0 Å². The molecule has 1 aromatic rings. The lowest BCUT2D eigenvalue weighted by Gasteiger charge is -2.13. The van der Waals surface area contributed by atoms with Gasteiger partial charge >= 0.3 is 5.97 Å². The van der Waals surface area contributed by atoms with Crippen molar-refractivity contribution < 1.29 is 14.7 Å². The van der Waals surface area contributed by atoms with Gasteiger partial charge in [0.2, 0.25) is 5.91 Å². The zero-order valence-electron chi connectivity index (χ0n) is 10.6. The van der Waals surface area contributed by atoms with E-state index in [4.69, 9.17) is 5.11 Å². The van der Waals surface area contributed by atoms with E-state index < -0.39 is 12.0 Å². The third-order valence-electron chi connectivity index (χ3n) is 2.55. The topological polar surface area (TPSA) is 79.3 Å². The number of hydrogen-bond acceptors (Lipinski definition) is 3. The lowest BCUT2D eigenvalue weighted by molar-refractivity contribution is -0.141. The lowest BCUT2D eigenvalue weighted by atomic mass is 10.1. The quantitative estimate of drug-likeness (QED) is 0.797. The van der Waals surface area contributed by atoms with Crippen molar-refractivity contribution in [3.05, 3.63) is 29.6 Å². The van der Waals surface area contributed by atoms with E-state index in [1.807, 2.05) is 26.0 Å². The third-order valence-corrected chi connectivity index (χ3v) is 2.55. The molecule has 0 saturated heterocycles. The molecule has 1 atom stereocenters. The molecular formula is C13H18N2O3. The second-order valence-electron chi connectivity index (χ2n) is 4.23. The van der Waals surface area contributed by atoms with Gasteiger partial charge in [0.25, 0.3) is 0 Å². The Morgan fingerprint density at radius 3 is 2.67 bits per heavy atom. The average molecular weight is 250 g/mol. The van der Waals surface area contributed by atoms with E-state index in [0.29, 0.717) is 12.8 Å². The van der Waals surface area contributed by atoms with Crippen molar-refractivity contribution >= 4 is 11.9 Å². The molecule has 0 aliphatic carbocycles. The molecule has 0 bridgehead atoms. The molecule has 5 nitrogen and oxygen atoms in total. The fourth-order valence-electron chi connectivity index (χ4n) is 1.58. The summed E-state index contributed by atoms with van der Waals surface area (Å²) in [4.78, 5) is 26.7. The van der Waals surface area contributed by atoms with Gasteiger partial charge in [-0.25, -0.2) is 4.79 Å². The Hall–Kier alpha value is -1.91. The number of carbonyl (C=O) groups is 2. The highest BCUT2D eigenvalue weighted by atomic mass is 16.4. The van der Waals surface area contributed by atoms with E-state index in [-0.39, 0.29) is 12.3 Å². The second-order valence-corrected chi connectivity index (χ2v) is 4.23. The number of aliphatic carboxylic acids is 1. The highest BCUT2D eigenvalue weighted by Crippen LogP contribution is 2.02. The molecule has 1 heterocycles. The zero-order valence-corrected chi connectivity index (χ0v) is 10.6. The van der Waals surface area contributed by atoms with Gasteiger partial charge in [-0.15, -0.1) is 0 Å². The minimum absolute atomic E-state index is 0.154. The van der Waals surface area contributed by atoms with Crippen molar-refractivity contribution in [3.8, 4) is 0 Å². The Balaban J connectivity index is 2.54. The molecule has 0 saturated carbocycles. The highest BCUT2D eigenvalue weighted by Gasteiger charge is 2.18. The summed E-state index contributed by atoms with van der Waals surface area (Å²) in [7, 11) is 0. The number of carbonyl (C=O) groups excluding carboxylic acids is 1. The first kappa shape index (κ1) is 14.2. The lowest BCUT2D eigenvalue weighted by Crippen LogP contribution is -2.41. The summed E-state index contributed by atoms with van der Waals surface area (Å²) in [6, 6.07) is 2.84. The Morgan fingerprint density at radius 1 is 1.44 bits per heavy atom. The number of hydrogen-bond donors (Lipinski definition) is 2. The van der Waals surface area contributed by atoms with Gasteiger partial charge < -0.3 is 10.4 Å². The van der Waals surface area contributed by atoms with Crippen molar-refractivity contribution in [2.24, 2.45) is 0 Å². The second kappa shape index (κ2) is 6.74. The zero-order chi connectivity index (χ0) is 13.5. The molecule has 5 heteroatoms. The molecule has 0 fully saturated rings. The van der Waals surface area contributed by atoms with Crippen LogP contribution in [0.15, 0.2) is 18.3 Å². The van der Waals surface area contributed by atoms with Crippen LogP contribution in [0.4, 0.5) is 0 Å². The predicted molar refractivity (Wildman–Crippen MR) is 67.2 cm³/mol. The molecule has 18 heavy (non-hydrogen) atoms. The number of aryl methyl sites for hydroxylation is 1. The Bertz CT molecular complexity index is 415. The van der Waals surface area contributed by atoms with Crippen LogP contribution in [-0.4, -0.2) is 28.0 Å². The van der Waals surface area contributed by atoms with Crippen LogP contribution in [0, 0.1) is 6.92 Å². The van der Waals surface area contributed by atoms with Gasteiger partial charge in [-0.3, -0.25) is 9.78 Å². The largest absolute Gasteiger partial charge is 0.480 e. The van der Waals surface area contributed by atoms with Gasteiger partial charge in [0.1, 0.15) is 6.04 Å². The Morgan fingerprint density at radius 2 is 2.17 bits per heavy atom. The molecule has 1 aromatic heterocycles. The average Bonchev–Trinajstić information content (AvgIpc) is 2.31. The van der Waals surface area contributed by atoms with E-state index in [0.717, 1.165) is 11.3 Å². The van der Waals surface area contributed by atoms with Crippen LogP contribution in [0.2, 0.25) is 0 Å². The van der Waals surface area contributed by atoms with Crippen molar-refractivity contribution in [3.63, 3.8) is 0 Å². The van der Waals surface area contributed by atoms with Crippen LogP contribution >= 0.6 is 0 Å². The van der Waals surface area contributed by atoms with Gasteiger partial charge in [-0.2, -0.15) is 0 Å². The van der Waals surface area contributed by atoms with E-state index in [1.54, 1.807) is 6.20 Å². The summed E-state index contributed by atoms with van der Waals surface area (Å²) in [5.41, 5.74) is 1.66. The summed E-state index contributed by atoms with van der Waals surface area (Å²) in [5, 5.41) is 11.4. The smallest absolute Gasteiger partial charge is 0.326 e. The highest BCUT2D eigenvalue weighted by molar-refractivity contribution is 5.84. The first-order chi connectivity index (χ1) is 8.52. The maximum atomic E-state index is 11.7. The molecular weight excluding hydrogens is 232 g/mol. The standard InChI is InChI=1S/C13H18N2O3/c1-3-4-11(13(17)18)15-12(16)7-10-6-5-9(2)14-8-10/h5-6,8,11H,3-4,7H2,1-2H3,(H,15,16)(H,17,18). The number of nitrogens with one attached hydrogen (secondary N) is 1. The summed E-state index contributed by atoms with van der Waals surface area (Å²) < 4.78 is 0. The van der Waals surface area contributed by atoms with E-state index in [2.05, 4.69) is 10.3 Å². The molecule has 98 valence electrons. The van der Waals surface area contributed by atoms with E-state index in [9.17, 15) is 9.59 Å². The summed E-state index contributed by atoms with van der Waals surface area (Å²) in [6.45, 7) is 3.75. The van der Waals surface area contributed by atoms with E-state index in [1.165, 1.54) is 0 Å². The monoisotopic (exact) mass is 250 g/mol. The molecule has 0 aliphatic heterocycles. The minimum Gasteiger partial charge on any atom is -0.480 e. The van der Waals surface area contributed by atoms with Crippen LogP contribution in [0.5, 0.6) is 0 Å². The fraction of sp³-hybridized carbons (Fsp3) is 0.462. The molecule has 0 spiro atoms. The van der Waals surface area contributed by atoms with Crippen LogP contribution in [-0.2, 0) is 16.0 Å². The molecule has 1 amide bonds. The number of carboxylic acid groups (broad SMARTS) is 1. The summed E-state index contributed by atoms with van der Waals surface area (Å²) >= 11 is 0. The van der Waals surface area contributed by atoms with Gasteiger partial charge in [0, 0.05) is 11.9 Å². The molecule has 1 unspecified atom stereocenters. The van der Waals surface area contributed by atoms with Crippen molar-refractivity contribution in [1.29, 1.82) is 0 Å². The first-order valence-electron chi connectivity index (χ1n) is 5.96. The van der Waals surface area contributed by atoms with Gasteiger partial charge in [0.15, 0.2) is 0 Å². The Labute approximate surface area is 106 Å². The van der Waals surface area contributed by atoms with Crippen LogP contribution < -0.4 is 5.32 Å².